The summed E-state index contributed by atoms with van der Waals surface area (Å²) in [6, 6.07) is 2.83. The second-order valence-electron chi connectivity index (χ2n) is 4.27. The smallest absolute Gasteiger partial charge is 0.149 e. The van der Waals surface area contributed by atoms with Gasteiger partial charge in [0, 0.05) is 19.6 Å². The Hall–Kier alpha value is -1.16. The summed E-state index contributed by atoms with van der Waals surface area (Å²) < 4.78 is 28.0. The summed E-state index contributed by atoms with van der Waals surface area (Å²) >= 11 is 0. The number of nitrogens with zero attached hydrogens (tertiary/aromatic N) is 1. The second kappa shape index (κ2) is 7.31. The number of halogens is 2. The SMILES string of the molecule is CCCN(CC)c1c(F)cc(CNCC)cc1F. The second-order valence-corrected chi connectivity index (χ2v) is 4.27. The highest BCUT2D eigenvalue weighted by Gasteiger charge is 2.16. The molecule has 1 N–H and O–H groups in total. The average molecular weight is 256 g/mol. The van der Waals surface area contributed by atoms with Crippen molar-refractivity contribution in [1.29, 1.82) is 0 Å². The zero-order valence-electron chi connectivity index (χ0n) is 11.4. The van der Waals surface area contributed by atoms with Gasteiger partial charge in [0.05, 0.1) is 0 Å². The Morgan fingerprint density at radius 3 is 2.17 bits per heavy atom. The van der Waals surface area contributed by atoms with Crippen LogP contribution in [0.1, 0.15) is 32.8 Å². The largest absolute Gasteiger partial charge is 0.367 e. The summed E-state index contributed by atoms with van der Waals surface area (Å²) in [5, 5.41) is 3.06. The van der Waals surface area contributed by atoms with Crippen molar-refractivity contribution in [2.24, 2.45) is 0 Å². The fourth-order valence-electron chi connectivity index (χ4n) is 1.99. The molecule has 0 aliphatic heterocycles. The molecule has 18 heavy (non-hydrogen) atoms. The van der Waals surface area contributed by atoms with Crippen molar-refractivity contribution in [3.8, 4) is 0 Å². The first-order valence-corrected chi connectivity index (χ1v) is 6.57. The third-order valence-electron chi connectivity index (χ3n) is 2.85. The molecule has 4 heteroatoms. The van der Waals surface area contributed by atoms with Gasteiger partial charge in [0.1, 0.15) is 17.3 Å². The van der Waals surface area contributed by atoms with Crippen LogP contribution >= 0.6 is 0 Å². The molecule has 0 saturated heterocycles. The van der Waals surface area contributed by atoms with E-state index in [1.54, 1.807) is 4.90 Å². The number of anilines is 1. The van der Waals surface area contributed by atoms with Gasteiger partial charge < -0.3 is 10.2 Å². The Labute approximate surface area is 108 Å². The van der Waals surface area contributed by atoms with Gasteiger partial charge in [0.2, 0.25) is 0 Å². The van der Waals surface area contributed by atoms with Crippen molar-refractivity contribution < 1.29 is 8.78 Å². The maximum atomic E-state index is 14.0. The Balaban J connectivity index is 2.99. The van der Waals surface area contributed by atoms with Crippen LogP contribution in [0.25, 0.3) is 0 Å². The van der Waals surface area contributed by atoms with Crippen molar-refractivity contribution in [2.75, 3.05) is 24.5 Å². The summed E-state index contributed by atoms with van der Waals surface area (Å²) in [6.45, 7) is 8.40. The lowest BCUT2D eigenvalue weighted by Crippen LogP contribution is -2.26. The minimum Gasteiger partial charge on any atom is -0.367 e. The maximum Gasteiger partial charge on any atom is 0.149 e. The Bertz CT molecular complexity index is 357. The predicted molar refractivity (Wildman–Crippen MR) is 71.9 cm³/mol. The standard InChI is InChI=1S/C14H22F2N2/c1-4-7-18(6-3)14-12(15)8-11(9-13(14)16)10-17-5-2/h8-9,17H,4-7,10H2,1-3H3. The van der Waals surface area contributed by atoms with Gasteiger partial charge in [0.25, 0.3) is 0 Å². The quantitative estimate of drug-likeness (QED) is 0.805. The van der Waals surface area contributed by atoms with Gasteiger partial charge in [-0.3, -0.25) is 0 Å². The zero-order valence-corrected chi connectivity index (χ0v) is 11.4. The van der Waals surface area contributed by atoms with Crippen LogP contribution in [0.4, 0.5) is 14.5 Å². The minimum absolute atomic E-state index is 0.0969. The molecule has 0 aromatic heterocycles. The van der Waals surface area contributed by atoms with Crippen LogP contribution in [0.3, 0.4) is 0 Å². The van der Waals surface area contributed by atoms with E-state index < -0.39 is 11.6 Å². The van der Waals surface area contributed by atoms with Crippen LogP contribution in [0, 0.1) is 11.6 Å². The molecule has 1 aromatic rings. The highest BCUT2D eigenvalue weighted by molar-refractivity contribution is 5.50. The normalized spacial score (nSPS) is 10.7. The van der Waals surface area contributed by atoms with Crippen molar-refractivity contribution in [3.05, 3.63) is 29.3 Å². The molecule has 0 unspecified atom stereocenters. The van der Waals surface area contributed by atoms with E-state index in [2.05, 4.69) is 5.32 Å². The van der Waals surface area contributed by atoms with E-state index in [1.807, 2.05) is 20.8 Å². The van der Waals surface area contributed by atoms with Gasteiger partial charge in [0.15, 0.2) is 0 Å². The van der Waals surface area contributed by atoms with E-state index in [1.165, 1.54) is 12.1 Å². The molecule has 0 atom stereocenters. The first-order valence-electron chi connectivity index (χ1n) is 6.57. The average Bonchev–Trinajstić information content (AvgIpc) is 2.34. The summed E-state index contributed by atoms with van der Waals surface area (Å²) in [7, 11) is 0. The fraction of sp³-hybridized carbons (Fsp3) is 0.571. The van der Waals surface area contributed by atoms with Crippen LogP contribution in [-0.2, 0) is 6.54 Å². The monoisotopic (exact) mass is 256 g/mol. The maximum absolute atomic E-state index is 14.0. The van der Waals surface area contributed by atoms with E-state index in [-0.39, 0.29) is 5.69 Å². The fourth-order valence-corrected chi connectivity index (χ4v) is 1.99. The van der Waals surface area contributed by atoms with Crippen molar-refractivity contribution in [1.82, 2.24) is 5.32 Å². The first-order chi connectivity index (χ1) is 8.63. The van der Waals surface area contributed by atoms with Gasteiger partial charge in [-0.15, -0.1) is 0 Å². The molecule has 102 valence electrons. The molecule has 1 aromatic carbocycles. The predicted octanol–water partition coefficient (Wildman–Crippen LogP) is 3.31. The Kier molecular flexibility index (Phi) is 6.05. The molecular weight excluding hydrogens is 234 g/mol. The minimum atomic E-state index is -0.474. The third kappa shape index (κ3) is 3.67. The first kappa shape index (κ1) is 14.9. The molecule has 0 aliphatic carbocycles. The van der Waals surface area contributed by atoms with Crippen molar-refractivity contribution >= 4 is 5.69 Å². The van der Waals surface area contributed by atoms with Gasteiger partial charge >= 0.3 is 0 Å². The third-order valence-corrected chi connectivity index (χ3v) is 2.85. The Morgan fingerprint density at radius 1 is 1.11 bits per heavy atom. The summed E-state index contributed by atoms with van der Waals surface area (Å²) in [5.74, 6) is -0.948. The number of hydrogen-bond acceptors (Lipinski definition) is 2. The lowest BCUT2D eigenvalue weighted by atomic mass is 10.1. The van der Waals surface area contributed by atoms with E-state index in [0.29, 0.717) is 25.2 Å². The summed E-state index contributed by atoms with van der Waals surface area (Å²) in [5.41, 5.74) is 0.739. The van der Waals surface area contributed by atoms with Gasteiger partial charge in [-0.2, -0.15) is 0 Å². The number of nitrogens with one attached hydrogen (secondary N) is 1. The number of hydrogen-bond donors (Lipinski definition) is 1. The number of rotatable bonds is 7. The van der Waals surface area contributed by atoms with E-state index in [4.69, 9.17) is 0 Å². The molecule has 0 bridgehead atoms. The summed E-state index contributed by atoms with van der Waals surface area (Å²) in [6.07, 6.45) is 0.867. The van der Waals surface area contributed by atoms with E-state index >= 15 is 0 Å². The molecule has 0 aliphatic rings. The topological polar surface area (TPSA) is 15.3 Å². The molecular formula is C14H22F2N2. The lowest BCUT2D eigenvalue weighted by molar-refractivity contribution is 0.565. The van der Waals surface area contributed by atoms with Crippen molar-refractivity contribution in [2.45, 2.75) is 33.7 Å². The zero-order chi connectivity index (χ0) is 13.5. The van der Waals surface area contributed by atoms with Crippen LogP contribution < -0.4 is 10.2 Å². The van der Waals surface area contributed by atoms with Crippen LogP contribution in [-0.4, -0.2) is 19.6 Å². The molecule has 0 saturated carbocycles. The molecule has 0 amide bonds. The van der Waals surface area contributed by atoms with Gasteiger partial charge in [-0.1, -0.05) is 13.8 Å². The summed E-state index contributed by atoms with van der Waals surface area (Å²) in [4.78, 5) is 1.74. The molecule has 0 radical (unpaired) electrons. The highest BCUT2D eigenvalue weighted by atomic mass is 19.1. The van der Waals surface area contributed by atoms with Crippen molar-refractivity contribution in [3.63, 3.8) is 0 Å². The van der Waals surface area contributed by atoms with E-state index in [0.717, 1.165) is 13.0 Å². The lowest BCUT2D eigenvalue weighted by Gasteiger charge is -2.24. The van der Waals surface area contributed by atoms with Crippen LogP contribution in [0.15, 0.2) is 12.1 Å². The van der Waals surface area contributed by atoms with Gasteiger partial charge in [-0.05, 0) is 37.6 Å². The molecule has 0 fully saturated rings. The van der Waals surface area contributed by atoms with Crippen LogP contribution in [0.5, 0.6) is 0 Å². The molecule has 0 spiro atoms. The number of benzene rings is 1. The highest BCUT2D eigenvalue weighted by Crippen LogP contribution is 2.25. The van der Waals surface area contributed by atoms with Crippen LogP contribution in [0.2, 0.25) is 0 Å². The molecule has 1 rings (SSSR count). The van der Waals surface area contributed by atoms with Gasteiger partial charge in [-0.25, -0.2) is 8.78 Å². The molecule has 0 heterocycles. The Morgan fingerprint density at radius 2 is 1.72 bits per heavy atom. The molecule has 2 nitrogen and oxygen atoms in total. The van der Waals surface area contributed by atoms with E-state index in [9.17, 15) is 8.78 Å².